The van der Waals surface area contributed by atoms with Gasteiger partial charge in [-0.05, 0) is 0 Å². The van der Waals surface area contributed by atoms with Gasteiger partial charge in [0.05, 0.1) is 40.2 Å². The highest BCUT2D eigenvalue weighted by molar-refractivity contribution is 6.49. The summed E-state index contributed by atoms with van der Waals surface area (Å²) < 4.78 is 0. The van der Waals surface area contributed by atoms with Crippen LogP contribution in [0.5, 0.6) is 0 Å². The summed E-state index contributed by atoms with van der Waals surface area (Å²) in [5.41, 5.74) is -0.0129. The first-order valence-corrected chi connectivity index (χ1v) is 9.04. The zero-order chi connectivity index (χ0) is 17.7. The first-order valence-electron chi connectivity index (χ1n) is 6.01. The first kappa shape index (κ1) is 20.1. The van der Waals surface area contributed by atoms with Crippen molar-refractivity contribution in [3.8, 4) is 0 Å². The van der Waals surface area contributed by atoms with Crippen LogP contribution in [-0.4, -0.2) is 0 Å². The largest absolute Gasteiger partial charge is 0.0823 e. The van der Waals surface area contributed by atoms with Crippen LogP contribution < -0.4 is 0 Å². The highest BCUT2D eigenvalue weighted by atomic mass is 35.5. The second kappa shape index (κ2) is 7.17. The lowest BCUT2D eigenvalue weighted by Crippen LogP contribution is -2.22. The molecule has 122 valence electrons. The van der Waals surface area contributed by atoms with Crippen molar-refractivity contribution < 1.29 is 0 Å². The van der Waals surface area contributed by atoms with E-state index in [9.17, 15) is 0 Å². The Morgan fingerprint density at radius 3 is 0.957 bits per heavy atom. The van der Waals surface area contributed by atoms with Gasteiger partial charge in [-0.3, -0.25) is 0 Å². The second-order valence-corrected chi connectivity index (χ2v) is 8.16. The van der Waals surface area contributed by atoms with E-state index in [4.69, 9.17) is 92.8 Å². The minimum atomic E-state index is -0.896. The quantitative estimate of drug-likeness (QED) is 0.385. The van der Waals surface area contributed by atoms with Crippen LogP contribution >= 0.6 is 92.8 Å². The molecule has 0 saturated carbocycles. The first-order chi connectivity index (χ1) is 10.5. The van der Waals surface area contributed by atoms with E-state index in [0.717, 1.165) is 0 Å². The van der Waals surface area contributed by atoms with Crippen LogP contribution in [0.1, 0.15) is 25.0 Å². The molecule has 0 saturated heterocycles. The molecule has 2 aromatic rings. The molecule has 2 rings (SSSR count). The highest BCUT2D eigenvalue weighted by Gasteiger charge is 2.35. The number of benzene rings is 2. The van der Waals surface area contributed by atoms with Crippen LogP contribution in [0.3, 0.4) is 0 Å². The van der Waals surface area contributed by atoms with Crippen molar-refractivity contribution in [3.63, 3.8) is 0 Å². The molecule has 0 amide bonds. The minimum Gasteiger partial charge on any atom is -0.0823 e. The third kappa shape index (κ3) is 3.52. The van der Waals surface area contributed by atoms with Gasteiger partial charge in [-0.1, -0.05) is 107 Å². The molecule has 23 heavy (non-hydrogen) atoms. The van der Waals surface area contributed by atoms with Gasteiger partial charge in [0.25, 0.3) is 0 Å². The summed E-state index contributed by atoms with van der Waals surface area (Å²) in [6, 6.07) is 5.33. The molecule has 0 aliphatic carbocycles. The molecule has 2 radical (unpaired) electrons. The Bertz CT molecular complexity index is 677. The maximum absolute atomic E-state index is 6.32. The van der Waals surface area contributed by atoms with E-state index in [1.165, 1.54) is 0 Å². The van der Waals surface area contributed by atoms with Gasteiger partial charge < -0.3 is 0 Å². The van der Waals surface area contributed by atoms with E-state index in [1.807, 2.05) is 0 Å². The average Bonchev–Trinajstić information content (AvgIpc) is 2.43. The molecule has 0 nitrogen and oxygen atoms in total. The fraction of sp³-hybridized carbons (Fsp3) is 0.200. The van der Waals surface area contributed by atoms with Gasteiger partial charge in [0.1, 0.15) is 0 Å². The maximum atomic E-state index is 6.32. The Morgan fingerprint density at radius 1 is 0.522 bits per heavy atom. The van der Waals surface area contributed by atoms with Crippen molar-refractivity contribution >= 4 is 92.8 Å². The van der Waals surface area contributed by atoms with Crippen LogP contribution in [0.4, 0.5) is 0 Å². The molecule has 0 spiro atoms. The van der Waals surface area contributed by atoms with Gasteiger partial charge in [0.15, 0.2) is 0 Å². The summed E-state index contributed by atoms with van der Waals surface area (Å²) >= 11 is 49.6. The zero-order valence-corrected chi connectivity index (χ0v) is 17.6. The van der Waals surface area contributed by atoms with Gasteiger partial charge >= 0.3 is 0 Å². The Hall–Kier alpha value is 0.760. The number of hydrogen-bond acceptors (Lipinski definition) is 0. The molecular formula is C15H6Cl8. The van der Waals surface area contributed by atoms with Crippen LogP contribution in [0.2, 0.25) is 40.2 Å². The third-order valence-electron chi connectivity index (χ3n) is 3.34. The van der Waals surface area contributed by atoms with E-state index in [2.05, 4.69) is 12.1 Å². The average molecular weight is 470 g/mol. The summed E-state index contributed by atoms with van der Waals surface area (Å²) in [5.74, 6) is 0. The van der Waals surface area contributed by atoms with Crippen molar-refractivity contribution in [1.29, 1.82) is 0 Å². The zero-order valence-electron chi connectivity index (χ0n) is 11.5. The van der Waals surface area contributed by atoms with Gasteiger partial charge in [-0.15, -0.1) is 0 Å². The predicted octanol–water partition coefficient (Wildman–Crippen LogP) is 8.84. The highest BCUT2D eigenvalue weighted by Crippen LogP contribution is 2.51. The van der Waals surface area contributed by atoms with Crippen molar-refractivity contribution in [1.82, 2.24) is 0 Å². The minimum absolute atomic E-state index is 0.135. The van der Waals surface area contributed by atoms with E-state index < -0.39 is 5.41 Å². The smallest absolute Gasteiger partial charge is 0.0690 e. The molecule has 0 aliphatic heterocycles. The van der Waals surface area contributed by atoms with Gasteiger partial charge in [0, 0.05) is 28.7 Å². The standard InChI is InChI=1S/C15H6Cl8/c1-15(2,9-11(20)5(16)3-6(17)12(9)21)10-13(22)7(18)4-8(19)14(10)23/h1-2H3. The molecule has 0 fully saturated rings. The predicted molar refractivity (Wildman–Crippen MR) is 103 cm³/mol. The Balaban J connectivity index is 2.90. The summed E-state index contributed by atoms with van der Waals surface area (Å²) in [6.45, 7) is 3.60. The molecule has 8 heteroatoms. The van der Waals surface area contributed by atoms with Crippen LogP contribution in [0.15, 0.2) is 0 Å². The molecule has 0 N–H and O–H groups in total. The van der Waals surface area contributed by atoms with Crippen molar-refractivity contribution in [2.45, 2.75) is 19.3 Å². The van der Waals surface area contributed by atoms with Gasteiger partial charge in [0.2, 0.25) is 0 Å². The molecule has 2 aromatic carbocycles. The molecule has 0 atom stereocenters. The molecular weight excluding hydrogens is 464 g/mol. The lowest BCUT2D eigenvalue weighted by Gasteiger charge is -2.31. The lowest BCUT2D eigenvalue weighted by atomic mass is 9.78. The molecule has 0 aromatic heterocycles. The SMILES string of the molecule is CC(C)(c1c(Cl)c(Cl)[c]c(Cl)c1Cl)c1c(Cl)c(Cl)[c]c(Cl)c1Cl. The third-order valence-corrected chi connectivity index (χ3v) is 6.37. The topological polar surface area (TPSA) is 0 Å². The van der Waals surface area contributed by atoms with Crippen LogP contribution in [0.25, 0.3) is 0 Å². The number of halogens is 8. The molecule has 0 heterocycles. The van der Waals surface area contributed by atoms with Gasteiger partial charge in [-0.25, -0.2) is 0 Å². The summed E-state index contributed by atoms with van der Waals surface area (Å²) in [7, 11) is 0. The summed E-state index contributed by atoms with van der Waals surface area (Å²) in [4.78, 5) is 0. The second-order valence-electron chi connectivity index (χ2n) is 5.14. The Kier molecular flexibility index (Phi) is 6.26. The van der Waals surface area contributed by atoms with Crippen molar-refractivity contribution in [3.05, 3.63) is 63.4 Å². The lowest BCUT2D eigenvalue weighted by molar-refractivity contribution is 0.642. The van der Waals surface area contributed by atoms with E-state index in [0.29, 0.717) is 11.1 Å². The van der Waals surface area contributed by atoms with Crippen molar-refractivity contribution in [2.75, 3.05) is 0 Å². The number of hydrogen-bond donors (Lipinski definition) is 0. The fourth-order valence-corrected chi connectivity index (χ4v) is 4.73. The summed E-state index contributed by atoms with van der Waals surface area (Å²) in [6.07, 6.45) is 0. The van der Waals surface area contributed by atoms with E-state index >= 15 is 0 Å². The van der Waals surface area contributed by atoms with Crippen LogP contribution in [-0.2, 0) is 5.41 Å². The van der Waals surface area contributed by atoms with Gasteiger partial charge in [-0.2, -0.15) is 0 Å². The molecule has 0 unspecified atom stereocenters. The molecule has 0 bridgehead atoms. The molecule has 0 aliphatic rings. The van der Waals surface area contributed by atoms with Crippen LogP contribution in [0, 0.1) is 12.1 Å². The summed E-state index contributed by atoms with van der Waals surface area (Å²) in [5, 5.41) is 1.31. The fourth-order valence-electron chi connectivity index (χ4n) is 2.27. The maximum Gasteiger partial charge on any atom is 0.0690 e. The van der Waals surface area contributed by atoms with Crippen molar-refractivity contribution in [2.24, 2.45) is 0 Å². The monoisotopic (exact) mass is 466 g/mol. The Labute approximate surface area is 174 Å². The van der Waals surface area contributed by atoms with E-state index in [-0.39, 0.29) is 40.2 Å². The van der Waals surface area contributed by atoms with E-state index in [1.54, 1.807) is 13.8 Å². The Morgan fingerprint density at radius 2 is 0.739 bits per heavy atom. The number of rotatable bonds is 2. The normalized spacial score (nSPS) is 11.9.